The fourth-order valence-electron chi connectivity index (χ4n) is 5.07. The fraction of sp³-hybridized carbons (Fsp3) is 0.273. The van der Waals surface area contributed by atoms with E-state index in [4.69, 9.17) is 42.9 Å². The van der Waals surface area contributed by atoms with Crippen molar-refractivity contribution < 1.29 is 135 Å². The van der Waals surface area contributed by atoms with Gasteiger partial charge in [0.25, 0.3) is 0 Å². The van der Waals surface area contributed by atoms with Crippen LogP contribution in [0.1, 0.15) is 0 Å². The average molecular weight is 1270 g/mol. The molecule has 0 aliphatic rings. The van der Waals surface area contributed by atoms with E-state index < -0.39 is 83.1 Å². The summed E-state index contributed by atoms with van der Waals surface area (Å²) in [5, 5.41) is -14.5. The third-order valence-corrected chi connectivity index (χ3v) is 23.2. The first-order valence-electron chi connectivity index (χ1n) is 19.7. The van der Waals surface area contributed by atoms with Gasteiger partial charge in [0.1, 0.15) is 75.9 Å². The maximum absolute atomic E-state index is 15.8. The van der Waals surface area contributed by atoms with Crippen LogP contribution in [0.3, 0.4) is 0 Å². The predicted octanol–water partition coefficient (Wildman–Crippen LogP) is 2.85. The molecule has 14 nitrogen and oxygen atoms in total. The molecular weight excluding hydrogens is 1220 g/mol. The lowest BCUT2D eigenvalue weighted by molar-refractivity contribution is -1.03. The molecule has 0 saturated heterocycles. The van der Waals surface area contributed by atoms with Crippen LogP contribution >= 0.6 is 0 Å². The Morgan fingerprint density at radius 3 is 0.757 bits per heavy atom. The van der Waals surface area contributed by atoms with Crippen LogP contribution in [0.2, 0.25) is 0 Å². The maximum atomic E-state index is 15.8. The van der Waals surface area contributed by atoms with Crippen molar-refractivity contribution in [2.45, 2.75) is 22.4 Å². The normalized spacial score (nSPS) is 12.4. The molecule has 0 amide bonds. The minimum absolute atomic E-state index is 0.0339. The van der Waals surface area contributed by atoms with Gasteiger partial charge in [0.15, 0.2) is 14.3 Å². The number of hydrogen-bond donors (Lipinski definition) is 0. The maximum Gasteiger partial charge on any atom is 0.442 e. The van der Waals surface area contributed by atoms with E-state index in [1.54, 1.807) is 0 Å². The molecule has 4 aromatic rings. The summed E-state index contributed by atoms with van der Waals surface area (Å²) in [5.74, 6) is -15.0. The van der Waals surface area contributed by atoms with E-state index in [2.05, 4.69) is 26.3 Å². The number of hydrogen-bond acceptors (Lipinski definition) is 14. The highest BCUT2D eigenvalue weighted by atomic mass is 127. The lowest BCUT2D eigenvalue weighted by atomic mass is 10.2. The molecule has 384 valence electrons. The molecule has 0 unspecified atom stereocenters. The molecule has 4 rings (SSSR count). The van der Waals surface area contributed by atoms with Crippen LogP contribution in [-0.2, 0) is 44.2 Å². The van der Waals surface area contributed by atoms with E-state index in [-0.39, 0.29) is 90.1 Å². The van der Waals surface area contributed by atoms with E-state index in [9.17, 15) is 16.8 Å². The van der Waals surface area contributed by atoms with Crippen molar-refractivity contribution in [1.29, 1.82) is 0 Å². The van der Waals surface area contributed by atoms with Gasteiger partial charge in [0.05, 0.1) is 25.0 Å². The van der Waals surface area contributed by atoms with Gasteiger partial charge >= 0.3 is 83.1 Å². The molecule has 0 aliphatic heterocycles. The zero-order valence-corrected chi connectivity index (χ0v) is 42.3. The van der Waals surface area contributed by atoms with Crippen LogP contribution in [0.4, 0.5) is 35.1 Å². The molecule has 0 aliphatic carbocycles. The van der Waals surface area contributed by atoms with Crippen LogP contribution in [-0.4, -0.2) is 92.0 Å². The summed E-state index contributed by atoms with van der Waals surface area (Å²) >= 11 is -9.11. The Hall–Kier alpha value is -5.04. The van der Waals surface area contributed by atoms with Gasteiger partial charge in [-0.05, 0) is 102 Å². The standard InChI is InChI=1S/C44H44F8I2O14S2/c1-5-59-25-29-63-37-17-9-33(10-18-37)53(34-11-19-38(20-12-34)64-30-26-60-6-2)67-69(55,56)43(49,50)41(45,46)42(47,48)44(51,52)70(57,58)68-54(35-13-21-39(22-14-35)65-31-27-61-7-3)36-15-23-40(24-16-36)66-32-28-62-8-4/h5-24H,1-4,25-32H2/q+2. The Balaban J connectivity index is 1.70. The Labute approximate surface area is 413 Å². The smallest absolute Gasteiger partial charge is 0.442 e. The van der Waals surface area contributed by atoms with Crippen molar-refractivity contribution in [1.82, 2.24) is 0 Å². The van der Waals surface area contributed by atoms with Crippen molar-refractivity contribution in [3.8, 4) is 23.0 Å². The molecule has 70 heavy (non-hydrogen) atoms. The highest BCUT2D eigenvalue weighted by Gasteiger charge is 2.89. The third-order valence-electron chi connectivity index (χ3n) is 8.44. The second-order valence-corrected chi connectivity index (χ2v) is 26.1. The second-order valence-electron chi connectivity index (χ2n) is 13.1. The van der Waals surface area contributed by atoms with Gasteiger partial charge in [-0.15, -0.1) is 0 Å². The number of ether oxygens (including phenoxy) is 8. The Morgan fingerprint density at radius 1 is 0.371 bits per heavy atom. The first kappa shape index (κ1) is 57.5. The van der Waals surface area contributed by atoms with Gasteiger partial charge in [-0.3, -0.25) is 0 Å². The molecule has 26 heteroatoms. The molecule has 0 bridgehead atoms. The lowest BCUT2D eigenvalue weighted by Crippen LogP contribution is -3.85. The number of halogens is 10. The minimum atomic E-state index is -7.72. The van der Waals surface area contributed by atoms with Crippen molar-refractivity contribution in [3.63, 3.8) is 0 Å². The lowest BCUT2D eigenvalue weighted by Gasteiger charge is -2.34. The van der Waals surface area contributed by atoms with Crippen LogP contribution in [0, 0.1) is 14.3 Å². The van der Waals surface area contributed by atoms with E-state index >= 15 is 35.1 Å². The van der Waals surface area contributed by atoms with Crippen LogP contribution in [0.15, 0.2) is 148 Å². The van der Waals surface area contributed by atoms with Gasteiger partial charge in [-0.2, -0.15) is 52.0 Å². The molecular formula is C44H44F8I2O14S2+2. The molecule has 0 atom stereocenters. The van der Waals surface area contributed by atoms with E-state index in [1.165, 1.54) is 48.5 Å². The van der Waals surface area contributed by atoms with Crippen molar-refractivity contribution in [2.24, 2.45) is 0 Å². The summed E-state index contributed by atoms with van der Waals surface area (Å²) in [4.78, 5) is 0. The molecule has 0 fully saturated rings. The third kappa shape index (κ3) is 14.3. The first-order chi connectivity index (χ1) is 33.1. The van der Waals surface area contributed by atoms with Crippen LogP contribution in [0.5, 0.6) is 23.0 Å². The summed E-state index contributed by atoms with van der Waals surface area (Å²) < 4.78 is 230. The van der Waals surface area contributed by atoms with Gasteiger partial charge in [0, 0.05) is 0 Å². The summed E-state index contributed by atoms with van der Waals surface area (Å²) in [6.07, 6.45) is 4.54. The number of benzene rings is 4. The number of alkyl halides is 8. The molecule has 2 radical (unpaired) electrons. The van der Waals surface area contributed by atoms with Gasteiger partial charge in [-0.25, -0.2) is 0 Å². The first-order valence-corrected chi connectivity index (χ1v) is 28.6. The molecule has 4 aromatic carbocycles. The van der Waals surface area contributed by atoms with Crippen molar-refractivity contribution in [3.05, 3.63) is 163 Å². The van der Waals surface area contributed by atoms with Gasteiger partial charge in [0.2, 0.25) is 0 Å². The minimum Gasteiger partial charge on any atom is -0.498 e. The summed E-state index contributed by atoms with van der Waals surface area (Å²) in [6.45, 7) is 13.5. The molecule has 0 N–H and O–H groups in total. The average Bonchev–Trinajstić information content (AvgIpc) is 3.33. The molecule has 0 saturated carbocycles. The van der Waals surface area contributed by atoms with Crippen LogP contribution in [0.25, 0.3) is 0 Å². The summed E-state index contributed by atoms with van der Waals surface area (Å²) in [6, 6.07) is 18.5. The summed E-state index contributed by atoms with van der Waals surface area (Å²) in [7, 11) is -14.8. The Morgan fingerprint density at radius 2 is 0.571 bits per heavy atom. The van der Waals surface area contributed by atoms with Gasteiger partial charge in [-0.1, -0.05) is 26.3 Å². The SMILES string of the molecule is C=COCCOc1ccc([I+](OS(=O)(=O)C(F)(F)C(F)(F)C(F)(F)C(F)(F)S(=O)(=O)O[I+](c2ccc(OCCOC=C)cc2)c2ccc(OCCOC=C)cc2)c2ccc(OCCOC=C)cc2)cc1. The fourth-order valence-corrected chi connectivity index (χ4v) is 18.9. The molecule has 0 heterocycles. The van der Waals surface area contributed by atoms with Crippen molar-refractivity contribution >= 4 is 20.2 Å². The summed E-state index contributed by atoms with van der Waals surface area (Å²) in [5.41, 5.74) is 0. The molecule has 0 spiro atoms. The Kier molecular flexibility index (Phi) is 21.3. The van der Waals surface area contributed by atoms with E-state index in [0.29, 0.717) is 0 Å². The van der Waals surface area contributed by atoms with E-state index in [1.807, 2.05) is 0 Å². The second kappa shape index (κ2) is 25.9. The topological polar surface area (TPSA) is 161 Å². The zero-order chi connectivity index (χ0) is 51.6. The quantitative estimate of drug-likeness (QED) is 0.0297. The Bertz CT molecular complexity index is 2250. The predicted molar refractivity (Wildman–Crippen MR) is 227 cm³/mol. The largest absolute Gasteiger partial charge is 0.498 e. The highest BCUT2D eigenvalue weighted by molar-refractivity contribution is 7.88. The van der Waals surface area contributed by atoms with Crippen molar-refractivity contribution in [2.75, 3.05) is 52.9 Å². The van der Waals surface area contributed by atoms with E-state index in [0.717, 1.165) is 73.6 Å². The van der Waals surface area contributed by atoms with Crippen LogP contribution < -0.4 is 59.4 Å². The highest BCUT2D eigenvalue weighted by Crippen LogP contribution is 2.56. The number of rotatable bonds is 33. The molecule has 0 aromatic heterocycles. The van der Waals surface area contributed by atoms with Gasteiger partial charge < -0.3 is 37.9 Å². The monoisotopic (exact) mass is 1270 g/mol. The zero-order valence-electron chi connectivity index (χ0n) is 36.3.